The Kier molecular flexibility index (Phi) is 6.53. The fraction of sp³-hybridized carbons (Fsp3) is 0.400. The quantitative estimate of drug-likeness (QED) is 0.782. The SMILES string of the molecule is Cc1ccc(N2C[C@@H](C(=O)N3CCC(C(=O)NCc4ccccc4)CC3)CC2=O)cc1F. The number of piperidine rings is 1. The van der Waals surface area contributed by atoms with E-state index in [-0.39, 0.29) is 42.4 Å². The average molecular weight is 438 g/mol. The summed E-state index contributed by atoms with van der Waals surface area (Å²) in [6.45, 7) is 3.44. The number of aryl methyl sites for hydroxylation is 1. The number of nitrogens with one attached hydrogen (secondary N) is 1. The maximum atomic E-state index is 13.9. The molecule has 7 heteroatoms. The summed E-state index contributed by atoms with van der Waals surface area (Å²) in [4.78, 5) is 41.2. The topological polar surface area (TPSA) is 69.7 Å². The highest BCUT2D eigenvalue weighted by Crippen LogP contribution is 2.29. The number of nitrogens with zero attached hydrogens (tertiary/aromatic N) is 2. The van der Waals surface area contributed by atoms with Crippen molar-refractivity contribution in [2.75, 3.05) is 24.5 Å². The van der Waals surface area contributed by atoms with E-state index >= 15 is 0 Å². The van der Waals surface area contributed by atoms with Gasteiger partial charge < -0.3 is 15.1 Å². The van der Waals surface area contributed by atoms with Crippen molar-refractivity contribution in [2.24, 2.45) is 11.8 Å². The molecule has 0 spiro atoms. The molecule has 0 unspecified atom stereocenters. The van der Waals surface area contributed by atoms with Crippen LogP contribution in [0, 0.1) is 24.6 Å². The molecule has 3 amide bonds. The van der Waals surface area contributed by atoms with Crippen molar-refractivity contribution in [1.82, 2.24) is 10.2 Å². The van der Waals surface area contributed by atoms with Gasteiger partial charge in [0, 0.05) is 44.2 Å². The van der Waals surface area contributed by atoms with Crippen LogP contribution in [0.2, 0.25) is 0 Å². The first kappa shape index (κ1) is 22.0. The first-order valence-corrected chi connectivity index (χ1v) is 11.1. The minimum Gasteiger partial charge on any atom is -0.352 e. The monoisotopic (exact) mass is 437 g/mol. The second-order valence-electron chi connectivity index (χ2n) is 8.64. The molecule has 0 saturated carbocycles. The minimum absolute atomic E-state index is 0.0181. The first-order chi connectivity index (χ1) is 15.4. The van der Waals surface area contributed by atoms with Gasteiger partial charge >= 0.3 is 0 Å². The van der Waals surface area contributed by atoms with Crippen LogP contribution in [0.1, 0.15) is 30.4 Å². The molecule has 2 aromatic rings. The molecule has 0 aliphatic carbocycles. The second kappa shape index (κ2) is 9.51. The molecule has 2 aliphatic rings. The van der Waals surface area contributed by atoms with E-state index in [2.05, 4.69) is 5.32 Å². The van der Waals surface area contributed by atoms with Crippen molar-refractivity contribution in [3.8, 4) is 0 Å². The largest absolute Gasteiger partial charge is 0.352 e. The lowest BCUT2D eigenvalue weighted by molar-refractivity contribution is -0.139. The molecule has 4 rings (SSSR count). The molecular weight excluding hydrogens is 409 g/mol. The van der Waals surface area contributed by atoms with Crippen LogP contribution in [0.5, 0.6) is 0 Å². The number of anilines is 1. The van der Waals surface area contributed by atoms with Crippen LogP contribution in [-0.4, -0.2) is 42.3 Å². The summed E-state index contributed by atoms with van der Waals surface area (Å²) in [6, 6.07) is 14.5. The second-order valence-corrected chi connectivity index (χ2v) is 8.64. The molecule has 2 saturated heterocycles. The van der Waals surface area contributed by atoms with Gasteiger partial charge in [-0.1, -0.05) is 36.4 Å². The Labute approximate surface area is 187 Å². The Hall–Kier alpha value is -3.22. The van der Waals surface area contributed by atoms with Crippen molar-refractivity contribution in [2.45, 2.75) is 32.7 Å². The molecule has 168 valence electrons. The number of likely N-dealkylation sites (tertiary alicyclic amines) is 1. The minimum atomic E-state index is -0.435. The van der Waals surface area contributed by atoms with Gasteiger partial charge in [0.25, 0.3) is 0 Å². The molecule has 2 aliphatic heterocycles. The first-order valence-electron chi connectivity index (χ1n) is 11.1. The van der Waals surface area contributed by atoms with Crippen LogP contribution in [0.15, 0.2) is 48.5 Å². The Balaban J connectivity index is 1.28. The van der Waals surface area contributed by atoms with Crippen molar-refractivity contribution in [3.05, 3.63) is 65.5 Å². The lowest BCUT2D eigenvalue weighted by Crippen LogP contribution is -2.45. The van der Waals surface area contributed by atoms with Crippen LogP contribution in [0.4, 0.5) is 10.1 Å². The standard InChI is InChI=1S/C25H28FN3O3/c1-17-7-8-21(14-22(17)26)29-16-20(13-23(29)30)25(32)28-11-9-19(10-12-28)24(31)27-15-18-5-3-2-4-6-18/h2-8,14,19-20H,9-13,15-16H2,1H3,(H,27,31)/t20-/m0/s1. The molecule has 6 nitrogen and oxygen atoms in total. The van der Waals surface area contributed by atoms with Gasteiger partial charge in [0.05, 0.1) is 5.92 Å². The van der Waals surface area contributed by atoms with E-state index in [1.165, 1.54) is 11.0 Å². The highest BCUT2D eigenvalue weighted by molar-refractivity contribution is 6.00. The zero-order valence-corrected chi connectivity index (χ0v) is 18.2. The number of carbonyl (C=O) groups excluding carboxylic acids is 3. The predicted molar refractivity (Wildman–Crippen MR) is 119 cm³/mol. The summed E-state index contributed by atoms with van der Waals surface area (Å²) in [7, 11) is 0. The van der Waals surface area contributed by atoms with E-state index in [0.717, 1.165) is 5.56 Å². The third-order valence-corrected chi connectivity index (χ3v) is 6.43. The number of halogens is 1. The zero-order valence-electron chi connectivity index (χ0n) is 18.2. The smallest absolute Gasteiger partial charge is 0.228 e. The summed E-state index contributed by atoms with van der Waals surface area (Å²) in [5.74, 6) is -1.11. The van der Waals surface area contributed by atoms with Crippen molar-refractivity contribution in [3.63, 3.8) is 0 Å². The summed E-state index contributed by atoms with van der Waals surface area (Å²) in [6.07, 6.45) is 1.35. The lowest BCUT2D eigenvalue weighted by atomic mass is 9.94. The number of carbonyl (C=O) groups is 3. The van der Waals surface area contributed by atoms with Crippen LogP contribution in [0.3, 0.4) is 0 Å². The number of amides is 3. The van der Waals surface area contributed by atoms with E-state index in [9.17, 15) is 18.8 Å². The fourth-order valence-corrected chi connectivity index (χ4v) is 4.42. The number of benzene rings is 2. The van der Waals surface area contributed by atoms with Gasteiger partial charge in [0.1, 0.15) is 5.82 Å². The molecule has 0 radical (unpaired) electrons. The highest BCUT2D eigenvalue weighted by atomic mass is 19.1. The Bertz CT molecular complexity index is 1000. The Morgan fingerprint density at radius 3 is 2.47 bits per heavy atom. The fourth-order valence-electron chi connectivity index (χ4n) is 4.42. The lowest BCUT2D eigenvalue weighted by Gasteiger charge is -2.33. The number of rotatable bonds is 5. The molecule has 0 aromatic heterocycles. The highest BCUT2D eigenvalue weighted by Gasteiger charge is 2.38. The summed E-state index contributed by atoms with van der Waals surface area (Å²) >= 11 is 0. The number of hydrogen-bond donors (Lipinski definition) is 1. The van der Waals surface area contributed by atoms with Crippen molar-refractivity contribution in [1.29, 1.82) is 0 Å². The maximum Gasteiger partial charge on any atom is 0.228 e. The Morgan fingerprint density at radius 2 is 1.78 bits per heavy atom. The Morgan fingerprint density at radius 1 is 1.06 bits per heavy atom. The number of hydrogen-bond acceptors (Lipinski definition) is 3. The molecule has 32 heavy (non-hydrogen) atoms. The maximum absolute atomic E-state index is 13.9. The van der Waals surface area contributed by atoms with Gasteiger partial charge in [-0.15, -0.1) is 0 Å². The predicted octanol–water partition coefficient (Wildman–Crippen LogP) is 3.04. The third kappa shape index (κ3) is 4.82. The molecule has 2 heterocycles. The van der Waals surface area contributed by atoms with Crippen molar-refractivity contribution < 1.29 is 18.8 Å². The van der Waals surface area contributed by atoms with Gasteiger partial charge in [-0.2, -0.15) is 0 Å². The van der Waals surface area contributed by atoms with Gasteiger partial charge in [-0.3, -0.25) is 14.4 Å². The zero-order chi connectivity index (χ0) is 22.7. The average Bonchev–Trinajstić information content (AvgIpc) is 3.21. The molecule has 2 fully saturated rings. The van der Waals surface area contributed by atoms with E-state index in [0.29, 0.717) is 43.7 Å². The van der Waals surface area contributed by atoms with E-state index in [1.54, 1.807) is 24.0 Å². The van der Waals surface area contributed by atoms with Crippen molar-refractivity contribution >= 4 is 23.4 Å². The van der Waals surface area contributed by atoms with Crippen LogP contribution < -0.4 is 10.2 Å². The van der Waals surface area contributed by atoms with Gasteiger partial charge in [0.15, 0.2) is 0 Å². The molecular formula is C25H28FN3O3. The molecule has 1 atom stereocenters. The van der Waals surface area contributed by atoms with Gasteiger partial charge in [-0.25, -0.2) is 4.39 Å². The van der Waals surface area contributed by atoms with E-state index < -0.39 is 5.92 Å². The normalized spacial score (nSPS) is 19.3. The van der Waals surface area contributed by atoms with Crippen LogP contribution in [0.25, 0.3) is 0 Å². The summed E-state index contributed by atoms with van der Waals surface area (Å²) in [5, 5.41) is 2.98. The molecule has 0 bridgehead atoms. The van der Waals surface area contributed by atoms with Gasteiger partial charge in [0.2, 0.25) is 17.7 Å². The molecule has 1 N–H and O–H groups in total. The van der Waals surface area contributed by atoms with Crippen LogP contribution in [-0.2, 0) is 20.9 Å². The third-order valence-electron chi connectivity index (χ3n) is 6.43. The van der Waals surface area contributed by atoms with E-state index in [4.69, 9.17) is 0 Å². The van der Waals surface area contributed by atoms with Crippen LogP contribution >= 0.6 is 0 Å². The molecule has 2 aromatic carbocycles. The van der Waals surface area contributed by atoms with E-state index in [1.807, 2.05) is 30.3 Å². The summed E-state index contributed by atoms with van der Waals surface area (Å²) < 4.78 is 13.9. The van der Waals surface area contributed by atoms with Gasteiger partial charge in [-0.05, 0) is 43.0 Å². The summed E-state index contributed by atoms with van der Waals surface area (Å²) in [5.41, 5.74) is 2.06.